The van der Waals surface area contributed by atoms with Gasteiger partial charge in [0.05, 0.1) is 11.5 Å². The third-order valence-electron chi connectivity index (χ3n) is 3.88. The average Bonchev–Trinajstić information content (AvgIpc) is 2.62. The van der Waals surface area contributed by atoms with E-state index in [-0.39, 0.29) is 10.6 Å². The topological polar surface area (TPSA) is 55.6 Å². The van der Waals surface area contributed by atoms with Gasteiger partial charge in [-0.15, -0.1) is 0 Å². The number of benzene rings is 1. The fourth-order valence-corrected chi connectivity index (χ4v) is 2.60. The van der Waals surface area contributed by atoms with Crippen LogP contribution in [0.3, 0.4) is 0 Å². The molecule has 5 heteroatoms. The van der Waals surface area contributed by atoms with Crippen LogP contribution in [0.2, 0.25) is 0 Å². The van der Waals surface area contributed by atoms with E-state index in [0.717, 1.165) is 25.1 Å². The van der Waals surface area contributed by atoms with Gasteiger partial charge in [-0.05, 0) is 24.8 Å². The Hall–Kier alpha value is -1.46. The van der Waals surface area contributed by atoms with Crippen LogP contribution in [0.5, 0.6) is 0 Å². The van der Waals surface area contributed by atoms with Crippen LogP contribution in [0.1, 0.15) is 44.1 Å². The van der Waals surface area contributed by atoms with Crippen molar-refractivity contribution >= 4 is 5.69 Å². The van der Waals surface area contributed by atoms with Crippen molar-refractivity contribution in [3.05, 3.63) is 39.9 Å². The van der Waals surface area contributed by atoms with Crippen LogP contribution < -0.4 is 0 Å². The minimum absolute atomic E-state index is 0.139. The molecule has 21 heavy (non-hydrogen) atoms. The van der Waals surface area contributed by atoms with Crippen LogP contribution in [0, 0.1) is 10.1 Å². The molecule has 5 nitrogen and oxygen atoms in total. The summed E-state index contributed by atoms with van der Waals surface area (Å²) in [7, 11) is 0. The Morgan fingerprint density at radius 2 is 1.57 bits per heavy atom. The van der Waals surface area contributed by atoms with E-state index in [1.54, 1.807) is 24.3 Å². The number of non-ortho nitro benzene ring substituents is 1. The fourth-order valence-electron chi connectivity index (χ4n) is 2.60. The second kappa shape index (κ2) is 8.74. The number of rotatable bonds is 5. The number of hydrogen-bond donors (Lipinski definition) is 0. The molecule has 0 spiro atoms. The summed E-state index contributed by atoms with van der Waals surface area (Å²) >= 11 is 0. The Balaban J connectivity index is 1.73. The molecule has 0 N–H and O–H groups in total. The lowest BCUT2D eigenvalue weighted by Gasteiger charge is -2.21. The monoisotopic (exact) mass is 292 g/mol. The Kier molecular flexibility index (Phi) is 6.63. The number of hydroxylamine groups is 2. The van der Waals surface area contributed by atoms with Gasteiger partial charge in [0.15, 0.2) is 0 Å². The smallest absolute Gasteiger partial charge is 0.269 e. The highest BCUT2D eigenvalue weighted by molar-refractivity contribution is 5.32. The fraction of sp³-hybridized carbons (Fsp3) is 0.625. The lowest BCUT2D eigenvalue weighted by Crippen LogP contribution is -2.27. The zero-order chi connectivity index (χ0) is 14.9. The Morgan fingerprint density at radius 1 is 1.00 bits per heavy atom. The van der Waals surface area contributed by atoms with E-state index in [1.165, 1.54) is 38.5 Å². The van der Waals surface area contributed by atoms with Gasteiger partial charge in [0.2, 0.25) is 0 Å². The third-order valence-corrected chi connectivity index (χ3v) is 3.88. The van der Waals surface area contributed by atoms with Crippen molar-refractivity contribution in [3.8, 4) is 0 Å². The summed E-state index contributed by atoms with van der Waals surface area (Å²) in [5.74, 6) is 0. The molecule has 0 bridgehead atoms. The molecule has 0 atom stereocenters. The molecule has 2 rings (SSSR count). The minimum Gasteiger partial charge on any atom is -0.299 e. The van der Waals surface area contributed by atoms with Crippen LogP contribution in [-0.4, -0.2) is 29.7 Å². The molecule has 1 saturated heterocycles. The standard InChI is InChI=1S/C16H24N2O3/c19-18(20)16-9-7-15(8-10-16)11-14-21-17-12-5-3-1-2-4-6-13-17/h7-10H,1-6,11-14H2. The number of nitro groups is 1. The van der Waals surface area contributed by atoms with Gasteiger partial charge in [0.1, 0.15) is 0 Å². The highest BCUT2D eigenvalue weighted by Gasteiger charge is 2.08. The van der Waals surface area contributed by atoms with Crippen molar-refractivity contribution in [3.63, 3.8) is 0 Å². The van der Waals surface area contributed by atoms with Crippen LogP contribution >= 0.6 is 0 Å². The summed E-state index contributed by atoms with van der Waals surface area (Å²) in [6.07, 6.45) is 8.47. The summed E-state index contributed by atoms with van der Waals surface area (Å²) in [5.41, 5.74) is 1.21. The molecule has 1 fully saturated rings. The van der Waals surface area contributed by atoms with E-state index in [9.17, 15) is 10.1 Å². The van der Waals surface area contributed by atoms with Crippen LogP contribution in [-0.2, 0) is 11.3 Å². The number of nitrogens with zero attached hydrogens (tertiary/aromatic N) is 2. The summed E-state index contributed by atoms with van der Waals surface area (Å²) in [5, 5.41) is 12.7. The molecule has 0 amide bonds. The molecule has 0 radical (unpaired) electrons. The molecule has 0 aromatic heterocycles. The van der Waals surface area contributed by atoms with Gasteiger partial charge in [-0.25, -0.2) is 0 Å². The Labute approximate surface area is 126 Å². The second-order valence-corrected chi connectivity index (χ2v) is 5.56. The van der Waals surface area contributed by atoms with Crippen molar-refractivity contribution in [2.24, 2.45) is 0 Å². The van der Waals surface area contributed by atoms with Gasteiger partial charge in [-0.2, -0.15) is 5.06 Å². The largest absolute Gasteiger partial charge is 0.299 e. The summed E-state index contributed by atoms with van der Waals surface area (Å²) < 4.78 is 0. The van der Waals surface area contributed by atoms with Gasteiger partial charge in [0, 0.05) is 25.2 Å². The minimum atomic E-state index is -0.372. The highest BCUT2D eigenvalue weighted by Crippen LogP contribution is 2.14. The van der Waals surface area contributed by atoms with Crippen LogP contribution in [0.25, 0.3) is 0 Å². The molecule has 116 valence electrons. The number of hydrogen-bond acceptors (Lipinski definition) is 4. The first-order valence-electron chi connectivity index (χ1n) is 7.87. The van der Waals surface area contributed by atoms with E-state index >= 15 is 0 Å². The van der Waals surface area contributed by atoms with Crippen LogP contribution in [0.15, 0.2) is 24.3 Å². The normalized spacial score (nSPS) is 17.7. The first kappa shape index (κ1) is 15.9. The predicted molar refractivity (Wildman–Crippen MR) is 82.0 cm³/mol. The molecule has 1 aliphatic heterocycles. The van der Waals surface area contributed by atoms with Gasteiger partial charge in [-0.1, -0.05) is 37.8 Å². The Bertz CT molecular complexity index is 424. The molecular formula is C16H24N2O3. The second-order valence-electron chi connectivity index (χ2n) is 5.56. The maximum Gasteiger partial charge on any atom is 0.269 e. The van der Waals surface area contributed by atoms with Crippen molar-refractivity contribution in [2.45, 2.75) is 44.9 Å². The van der Waals surface area contributed by atoms with Gasteiger partial charge >= 0.3 is 0 Å². The predicted octanol–water partition coefficient (Wildman–Crippen LogP) is 3.73. The zero-order valence-electron chi connectivity index (χ0n) is 12.5. The molecule has 0 aliphatic carbocycles. The highest BCUT2D eigenvalue weighted by atomic mass is 16.7. The Morgan fingerprint density at radius 3 is 2.14 bits per heavy atom. The van der Waals surface area contributed by atoms with E-state index in [0.29, 0.717) is 6.61 Å². The summed E-state index contributed by atoms with van der Waals surface area (Å²) in [6.45, 7) is 2.67. The quantitative estimate of drug-likeness (QED) is 0.613. The van der Waals surface area contributed by atoms with E-state index in [4.69, 9.17) is 4.84 Å². The van der Waals surface area contributed by atoms with Crippen molar-refractivity contribution in [1.82, 2.24) is 5.06 Å². The molecular weight excluding hydrogens is 268 g/mol. The van der Waals surface area contributed by atoms with Crippen molar-refractivity contribution < 1.29 is 9.76 Å². The maximum atomic E-state index is 10.6. The molecule has 1 aromatic carbocycles. The first-order chi connectivity index (χ1) is 10.3. The van der Waals surface area contributed by atoms with Crippen molar-refractivity contribution in [1.29, 1.82) is 0 Å². The lowest BCUT2D eigenvalue weighted by molar-refractivity contribution is -0.384. The van der Waals surface area contributed by atoms with E-state index in [1.807, 2.05) is 0 Å². The van der Waals surface area contributed by atoms with Crippen LogP contribution in [0.4, 0.5) is 5.69 Å². The van der Waals surface area contributed by atoms with E-state index in [2.05, 4.69) is 5.06 Å². The molecule has 1 heterocycles. The molecule has 1 aliphatic rings. The first-order valence-corrected chi connectivity index (χ1v) is 7.87. The summed E-state index contributed by atoms with van der Waals surface area (Å²) in [4.78, 5) is 16.1. The van der Waals surface area contributed by atoms with E-state index < -0.39 is 0 Å². The summed E-state index contributed by atoms with van der Waals surface area (Å²) in [6, 6.07) is 6.71. The van der Waals surface area contributed by atoms with Crippen molar-refractivity contribution in [2.75, 3.05) is 19.7 Å². The lowest BCUT2D eigenvalue weighted by atomic mass is 10.1. The maximum absolute atomic E-state index is 10.6. The van der Waals surface area contributed by atoms with Gasteiger partial charge < -0.3 is 0 Å². The molecule has 0 unspecified atom stereocenters. The molecule has 0 saturated carbocycles. The average molecular weight is 292 g/mol. The third kappa shape index (κ3) is 5.81. The van der Waals surface area contributed by atoms with Gasteiger partial charge in [-0.3, -0.25) is 15.0 Å². The van der Waals surface area contributed by atoms with Gasteiger partial charge in [0.25, 0.3) is 5.69 Å². The zero-order valence-corrected chi connectivity index (χ0v) is 12.5. The number of nitro benzene ring substituents is 1. The molecule has 1 aromatic rings. The SMILES string of the molecule is O=[N+]([O-])c1ccc(CCON2CCCCCCCC2)cc1.